The Bertz CT molecular complexity index is 771. The van der Waals surface area contributed by atoms with E-state index in [2.05, 4.69) is 80.9 Å². The monoisotopic (exact) mass is 478 g/mol. The third-order valence-electron chi connectivity index (χ3n) is 4.33. The molecule has 2 aliphatic rings. The van der Waals surface area contributed by atoms with Gasteiger partial charge in [0.05, 0.1) is 0 Å². The second kappa shape index (κ2) is 9.91. The van der Waals surface area contributed by atoms with Gasteiger partial charge in [-0.15, -0.1) is 0 Å². The predicted molar refractivity (Wildman–Crippen MR) is 102 cm³/mol. The SMILES string of the molecule is C1=C[CH]([Zr][CH]2C=Cc3ccccc32)c2ccccc21.O=C[NH][GaH][NH]C=O. The zero-order valence-corrected chi connectivity index (χ0v) is 19.7. The molecule has 2 atom stereocenters. The Kier molecular flexibility index (Phi) is 7.30. The van der Waals surface area contributed by atoms with Crippen LogP contribution >= 0.6 is 0 Å². The van der Waals surface area contributed by atoms with Crippen LogP contribution in [0.1, 0.15) is 29.5 Å². The van der Waals surface area contributed by atoms with Crippen molar-refractivity contribution in [3.05, 3.63) is 82.9 Å². The van der Waals surface area contributed by atoms with Gasteiger partial charge in [0, 0.05) is 0 Å². The van der Waals surface area contributed by atoms with E-state index >= 15 is 0 Å². The van der Waals surface area contributed by atoms with Crippen LogP contribution in [0.2, 0.25) is 0 Å². The molecule has 0 spiro atoms. The van der Waals surface area contributed by atoms with Gasteiger partial charge in [-0.3, -0.25) is 0 Å². The fourth-order valence-corrected chi connectivity index (χ4v) is 7.87. The molecule has 0 heterocycles. The number of hydrogen-bond donors (Lipinski definition) is 2. The molecular formula is C20H19GaN2O2Zr. The molecule has 0 saturated heterocycles. The molecule has 0 fully saturated rings. The summed E-state index contributed by atoms with van der Waals surface area (Å²) in [5.41, 5.74) is 5.99. The van der Waals surface area contributed by atoms with Crippen LogP contribution in [0.5, 0.6) is 0 Å². The topological polar surface area (TPSA) is 58.2 Å². The molecule has 4 nitrogen and oxygen atoms in total. The van der Waals surface area contributed by atoms with Crippen LogP contribution in [-0.2, 0) is 32.8 Å². The van der Waals surface area contributed by atoms with Crippen molar-refractivity contribution in [3.8, 4) is 0 Å². The normalized spacial score (nSPS) is 18.0. The molecule has 26 heavy (non-hydrogen) atoms. The summed E-state index contributed by atoms with van der Waals surface area (Å²) >= 11 is -1.73. The van der Waals surface area contributed by atoms with E-state index in [1.165, 1.54) is 11.1 Å². The Labute approximate surface area is 173 Å². The van der Waals surface area contributed by atoms with Gasteiger partial charge in [-0.05, 0) is 0 Å². The number of carbonyl (C=O) groups excluding carboxylic acids is 2. The van der Waals surface area contributed by atoms with Crippen LogP contribution in [0.15, 0.2) is 60.7 Å². The number of fused-ring (bicyclic) bond motifs is 2. The van der Waals surface area contributed by atoms with Crippen molar-refractivity contribution in [2.45, 2.75) is 7.25 Å². The van der Waals surface area contributed by atoms with Crippen molar-refractivity contribution >= 4 is 42.9 Å². The van der Waals surface area contributed by atoms with Crippen molar-refractivity contribution in [1.82, 2.24) is 8.05 Å². The molecule has 2 aromatic rings. The summed E-state index contributed by atoms with van der Waals surface area (Å²) in [4.78, 5) is 18.9. The zero-order chi connectivity index (χ0) is 18.2. The molecule has 128 valence electrons. The van der Waals surface area contributed by atoms with Crippen LogP contribution in [0.3, 0.4) is 0 Å². The Hall–Kier alpha value is -1.62. The zero-order valence-electron chi connectivity index (χ0n) is 14.3. The van der Waals surface area contributed by atoms with Gasteiger partial charge in [-0.1, -0.05) is 0 Å². The fourth-order valence-electron chi connectivity index (χ4n) is 3.13. The summed E-state index contributed by atoms with van der Waals surface area (Å²) in [6.07, 6.45) is 10.7. The van der Waals surface area contributed by atoms with Crippen LogP contribution in [0.25, 0.3) is 12.2 Å². The molecule has 2 amide bonds. The molecule has 0 radical (unpaired) electrons. The molecule has 4 rings (SSSR count). The molecule has 0 aliphatic heterocycles. The van der Waals surface area contributed by atoms with E-state index in [4.69, 9.17) is 0 Å². The first-order valence-corrected chi connectivity index (χ1v) is 14.3. The van der Waals surface area contributed by atoms with Gasteiger partial charge in [0.15, 0.2) is 0 Å². The third kappa shape index (κ3) is 4.76. The van der Waals surface area contributed by atoms with Gasteiger partial charge in [0.1, 0.15) is 0 Å². The average Bonchev–Trinajstić information content (AvgIpc) is 3.28. The Morgan fingerprint density at radius 2 is 1.23 bits per heavy atom. The molecule has 0 saturated carbocycles. The number of hydrogen-bond acceptors (Lipinski definition) is 2. The van der Waals surface area contributed by atoms with Crippen LogP contribution in [-0.4, -0.2) is 30.7 Å². The van der Waals surface area contributed by atoms with Crippen molar-refractivity contribution in [3.63, 3.8) is 0 Å². The molecule has 2 aromatic carbocycles. The number of nitrogens with one attached hydrogen (secondary N) is 2. The summed E-state index contributed by atoms with van der Waals surface area (Å²) in [5.74, 6) is 0. The van der Waals surface area contributed by atoms with E-state index in [0.29, 0.717) is 12.8 Å². The maximum atomic E-state index is 9.46. The van der Waals surface area contributed by atoms with Gasteiger partial charge < -0.3 is 0 Å². The van der Waals surface area contributed by atoms with E-state index in [1.807, 2.05) is 0 Å². The van der Waals surface area contributed by atoms with Crippen LogP contribution < -0.4 is 8.05 Å². The van der Waals surface area contributed by atoms with E-state index in [-0.39, 0.29) is 0 Å². The molecule has 2 aliphatic carbocycles. The van der Waals surface area contributed by atoms with E-state index < -0.39 is 41.1 Å². The number of carbonyl (C=O) groups is 2. The molecule has 2 N–H and O–H groups in total. The summed E-state index contributed by atoms with van der Waals surface area (Å²) in [7, 11) is 0. The van der Waals surface area contributed by atoms with E-state index in [9.17, 15) is 9.59 Å². The van der Waals surface area contributed by atoms with Gasteiger partial charge in [0.25, 0.3) is 0 Å². The maximum absolute atomic E-state index is 9.46. The summed E-state index contributed by atoms with van der Waals surface area (Å²) < 4.78 is 6.30. The summed E-state index contributed by atoms with van der Waals surface area (Å²) in [6.45, 7) is 0. The number of rotatable bonds is 6. The summed E-state index contributed by atoms with van der Waals surface area (Å²) in [6, 6.07) is 17.7. The van der Waals surface area contributed by atoms with Crippen LogP contribution in [0, 0.1) is 0 Å². The fraction of sp³-hybridized carbons (Fsp3) is 0.100. The van der Waals surface area contributed by atoms with Gasteiger partial charge in [-0.2, -0.15) is 0 Å². The van der Waals surface area contributed by atoms with Crippen molar-refractivity contribution in [1.29, 1.82) is 0 Å². The first-order valence-electron chi connectivity index (χ1n) is 8.48. The van der Waals surface area contributed by atoms with Crippen molar-refractivity contribution in [2.24, 2.45) is 0 Å². The molecule has 6 heteroatoms. The average molecular weight is 480 g/mol. The number of benzene rings is 2. The van der Waals surface area contributed by atoms with Gasteiger partial charge in [-0.25, -0.2) is 0 Å². The first kappa shape index (κ1) is 19.1. The Morgan fingerprint density at radius 3 is 1.69 bits per heavy atom. The van der Waals surface area contributed by atoms with Gasteiger partial charge >= 0.3 is 174 Å². The number of allylic oxidation sites excluding steroid dienone is 2. The molecule has 0 aromatic heterocycles. The number of amides is 2. The van der Waals surface area contributed by atoms with Gasteiger partial charge in [0.2, 0.25) is 0 Å². The quantitative estimate of drug-likeness (QED) is 0.379. The third-order valence-corrected chi connectivity index (χ3v) is 10.1. The van der Waals surface area contributed by atoms with E-state index in [1.54, 1.807) is 11.1 Å². The summed E-state index contributed by atoms with van der Waals surface area (Å²) in [5, 5.41) is 0. The predicted octanol–water partition coefficient (Wildman–Crippen LogP) is 2.35. The molecular weight excluding hydrogens is 461 g/mol. The molecule has 2 unspecified atom stereocenters. The van der Waals surface area contributed by atoms with Crippen LogP contribution in [0.4, 0.5) is 0 Å². The Balaban J connectivity index is 0.000000242. The first-order chi connectivity index (χ1) is 12.8. The van der Waals surface area contributed by atoms with Crippen molar-refractivity contribution in [2.75, 3.05) is 0 Å². The Morgan fingerprint density at radius 1 is 0.769 bits per heavy atom. The standard InChI is InChI=1S/2C9H7.2CH3NO.Ga.Zr.H/c2*1-2-5-9-7-3-6-8(9)4-1;2*2-1-3;;;/h2*1-7H;2*1H,(H2,2,3);;;/q;;;;+2;;/p-2. The minimum atomic E-state index is -1.18. The second-order valence-electron chi connectivity index (χ2n) is 5.92. The van der Waals surface area contributed by atoms with E-state index in [0.717, 1.165) is 7.25 Å². The van der Waals surface area contributed by atoms with Crippen molar-refractivity contribution < 1.29 is 32.8 Å². The minimum absolute atomic E-state index is 0.542. The second-order valence-corrected chi connectivity index (χ2v) is 12.3. The molecule has 0 bridgehead atoms.